The van der Waals surface area contributed by atoms with Gasteiger partial charge in [-0.05, 0) is 55.0 Å². The fourth-order valence-corrected chi connectivity index (χ4v) is 2.63. The molecule has 0 saturated heterocycles. The lowest BCUT2D eigenvalue weighted by atomic mass is 10.1. The van der Waals surface area contributed by atoms with Gasteiger partial charge in [0.1, 0.15) is 11.6 Å². The van der Waals surface area contributed by atoms with E-state index >= 15 is 0 Å². The van der Waals surface area contributed by atoms with Crippen LogP contribution in [0.4, 0.5) is 5.82 Å². The predicted molar refractivity (Wildman–Crippen MR) is 98.2 cm³/mol. The van der Waals surface area contributed by atoms with Crippen LogP contribution in [0.2, 0.25) is 5.02 Å². The Balaban J connectivity index is 1.91. The lowest BCUT2D eigenvalue weighted by molar-refractivity contribution is 0.102. The van der Waals surface area contributed by atoms with Crippen LogP contribution in [-0.2, 0) is 0 Å². The highest BCUT2D eigenvalue weighted by atomic mass is 35.5. The van der Waals surface area contributed by atoms with Crippen molar-refractivity contribution in [3.05, 3.63) is 71.0 Å². The largest absolute Gasteiger partial charge is 0.496 e. The summed E-state index contributed by atoms with van der Waals surface area (Å²) in [6.07, 6.45) is 3.31. The van der Waals surface area contributed by atoms with Gasteiger partial charge < -0.3 is 10.1 Å². The molecule has 0 atom stereocenters. The third kappa shape index (κ3) is 3.78. The van der Waals surface area contributed by atoms with E-state index in [1.54, 1.807) is 55.9 Å². The highest BCUT2D eigenvalue weighted by molar-refractivity contribution is 6.33. The van der Waals surface area contributed by atoms with E-state index in [2.05, 4.69) is 15.3 Å². The van der Waals surface area contributed by atoms with Gasteiger partial charge in [-0.15, -0.1) is 0 Å². The van der Waals surface area contributed by atoms with Crippen LogP contribution in [0.3, 0.4) is 0 Å². The number of rotatable bonds is 4. The molecule has 25 heavy (non-hydrogen) atoms. The van der Waals surface area contributed by atoms with Crippen molar-refractivity contribution in [2.45, 2.75) is 6.92 Å². The van der Waals surface area contributed by atoms with Crippen LogP contribution in [0.1, 0.15) is 15.9 Å². The second-order valence-electron chi connectivity index (χ2n) is 5.42. The fourth-order valence-electron chi connectivity index (χ4n) is 2.40. The van der Waals surface area contributed by atoms with E-state index in [-0.39, 0.29) is 5.91 Å². The molecule has 0 fully saturated rings. The maximum Gasteiger partial charge on any atom is 0.256 e. The summed E-state index contributed by atoms with van der Waals surface area (Å²) in [5.74, 6) is 0.751. The molecule has 0 radical (unpaired) electrons. The van der Waals surface area contributed by atoms with Crippen molar-refractivity contribution in [3.63, 3.8) is 0 Å². The minimum absolute atomic E-state index is 0.268. The van der Waals surface area contributed by atoms with Crippen molar-refractivity contribution >= 4 is 23.3 Å². The lowest BCUT2D eigenvalue weighted by Gasteiger charge is -2.11. The molecule has 0 unspecified atom stereocenters. The molecule has 2 heterocycles. The molecule has 0 saturated carbocycles. The van der Waals surface area contributed by atoms with Crippen LogP contribution in [0.5, 0.6) is 5.75 Å². The molecular weight excluding hydrogens is 338 g/mol. The Morgan fingerprint density at radius 3 is 2.68 bits per heavy atom. The zero-order chi connectivity index (χ0) is 17.8. The number of amides is 1. The van der Waals surface area contributed by atoms with Gasteiger partial charge in [-0.25, -0.2) is 4.98 Å². The first-order chi connectivity index (χ1) is 12.1. The number of pyridine rings is 2. The first-order valence-electron chi connectivity index (χ1n) is 7.61. The first-order valence-corrected chi connectivity index (χ1v) is 7.99. The number of methoxy groups -OCH3 is 1. The van der Waals surface area contributed by atoms with Crippen LogP contribution in [-0.4, -0.2) is 23.0 Å². The molecule has 0 aliphatic heterocycles. The molecule has 3 aromatic rings. The fraction of sp³-hybridized carbons (Fsp3) is 0.105. The number of nitrogens with zero attached hydrogens (tertiary/aromatic N) is 2. The van der Waals surface area contributed by atoms with Gasteiger partial charge in [-0.2, -0.15) is 0 Å². The number of halogens is 1. The minimum atomic E-state index is -0.268. The highest BCUT2D eigenvalue weighted by Crippen LogP contribution is 2.33. The van der Waals surface area contributed by atoms with Crippen molar-refractivity contribution in [3.8, 4) is 17.0 Å². The summed E-state index contributed by atoms with van der Waals surface area (Å²) in [7, 11) is 1.54. The van der Waals surface area contributed by atoms with Gasteiger partial charge in [0.15, 0.2) is 0 Å². The Bertz CT molecular complexity index is 928. The summed E-state index contributed by atoms with van der Waals surface area (Å²) in [4.78, 5) is 20.9. The summed E-state index contributed by atoms with van der Waals surface area (Å²) in [5.41, 5.74) is 2.80. The topological polar surface area (TPSA) is 64.1 Å². The Hall–Kier alpha value is -2.92. The molecule has 0 spiro atoms. The number of carbonyl (C=O) groups excluding carboxylic acids is 1. The molecule has 1 amide bonds. The molecule has 0 bridgehead atoms. The molecule has 1 N–H and O–H groups in total. The SMILES string of the molecule is COc1cc(C(=O)Nc2cc(C)ccn2)ccc1-c1ncccc1Cl. The number of carbonyl (C=O) groups is 1. The second-order valence-corrected chi connectivity index (χ2v) is 5.83. The molecule has 5 nitrogen and oxygen atoms in total. The van der Waals surface area contributed by atoms with E-state index in [4.69, 9.17) is 16.3 Å². The molecule has 126 valence electrons. The van der Waals surface area contributed by atoms with Gasteiger partial charge in [0, 0.05) is 23.5 Å². The van der Waals surface area contributed by atoms with Gasteiger partial charge in [0.05, 0.1) is 17.8 Å². The summed E-state index contributed by atoms with van der Waals surface area (Å²) >= 11 is 6.21. The lowest BCUT2D eigenvalue weighted by Crippen LogP contribution is -2.13. The van der Waals surface area contributed by atoms with Crippen LogP contribution in [0.25, 0.3) is 11.3 Å². The van der Waals surface area contributed by atoms with E-state index < -0.39 is 0 Å². The number of ether oxygens (including phenoxy) is 1. The van der Waals surface area contributed by atoms with Crippen molar-refractivity contribution in [2.75, 3.05) is 12.4 Å². The molecule has 6 heteroatoms. The Kier molecular flexibility index (Phi) is 4.95. The number of nitrogens with one attached hydrogen (secondary N) is 1. The van der Waals surface area contributed by atoms with Crippen molar-refractivity contribution in [2.24, 2.45) is 0 Å². The summed E-state index contributed by atoms with van der Waals surface area (Å²) in [6.45, 7) is 1.94. The van der Waals surface area contributed by atoms with E-state index in [1.165, 1.54) is 0 Å². The maximum atomic E-state index is 12.5. The van der Waals surface area contributed by atoms with Gasteiger partial charge in [0.25, 0.3) is 5.91 Å². The van der Waals surface area contributed by atoms with Gasteiger partial charge in [-0.3, -0.25) is 9.78 Å². The van der Waals surface area contributed by atoms with E-state index in [1.807, 2.05) is 13.0 Å². The number of hydrogen-bond donors (Lipinski definition) is 1. The number of aryl methyl sites for hydroxylation is 1. The highest BCUT2D eigenvalue weighted by Gasteiger charge is 2.14. The van der Waals surface area contributed by atoms with E-state index in [0.29, 0.717) is 27.8 Å². The zero-order valence-corrected chi connectivity index (χ0v) is 14.5. The van der Waals surface area contributed by atoms with Crippen LogP contribution < -0.4 is 10.1 Å². The molecule has 2 aromatic heterocycles. The van der Waals surface area contributed by atoms with Gasteiger partial charge in [0.2, 0.25) is 0 Å². The summed E-state index contributed by atoms with van der Waals surface area (Å²) in [5, 5.41) is 3.29. The quantitative estimate of drug-likeness (QED) is 0.756. The van der Waals surface area contributed by atoms with E-state index in [0.717, 1.165) is 11.1 Å². The standard InChI is InChI=1S/C19H16ClN3O2/c1-12-7-9-21-17(10-12)23-19(24)13-5-6-14(16(11-13)25-2)18-15(20)4-3-8-22-18/h3-11H,1-2H3,(H,21,23,24). The predicted octanol–water partition coefficient (Wildman–Crippen LogP) is 4.37. The Morgan fingerprint density at radius 2 is 1.96 bits per heavy atom. The monoisotopic (exact) mass is 353 g/mol. The van der Waals surface area contributed by atoms with Crippen LogP contribution in [0, 0.1) is 6.92 Å². The first kappa shape index (κ1) is 16.9. The van der Waals surface area contributed by atoms with Crippen molar-refractivity contribution < 1.29 is 9.53 Å². The third-order valence-corrected chi connectivity index (χ3v) is 3.94. The minimum Gasteiger partial charge on any atom is -0.496 e. The zero-order valence-electron chi connectivity index (χ0n) is 13.8. The average molecular weight is 354 g/mol. The van der Waals surface area contributed by atoms with Crippen LogP contribution >= 0.6 is 11.6 Å². The Labute approximate surface area is 150 Å². The number of aromatic nitrogens is 2. The molecular formula is C19H16ClN3O2. The normalized spacial score (nSPS) is 10.4. The molecule has 0 aliphatic rings. The third-order valence-electron chi connectivity index (χ3n) is 3.63. The van der Waals surface area contributed by atoms with Crippen LogP contribution in [0.15, 0.2) is 54.9 Å². The molecule has 1 aromatic carbocycles. The number of hydrogen-bond acceptors (Lipinski definition) is 4. The van der Waals surface area contributed by atoms with Gasteiger partial charge in [-0.1, -0.05) is 11.6 Å². The average Bonchev–Trinajstić information content (AvgIpc) is 2.61. The number of benzene rings is 1. The molecule has 3 rings (SSSR count). The van der Waals surface area contributed by atoms with Gasteiger partial charge >= 0.3 is 0 Å². The maximum absolute atomic E-state index is 12.5. The second kappa shape index (κ2) is 7.32. The summed E-state index contributed by atoms with van der Waals surface area (Å²) < 4.78 is 5.42. The smallest absolute Gasteiger partial charge is 0.256 e. The van der Waals surface area contributed by atoms with E-state index in [9.17, 15) is 4.79 Å². The Morgan fingerprint density at radius 1 is 1.12 bits per heavy atom. The molecule has 0 aliphatic carbocycles. The van der Waals surface area contributed by atoms with Crippen molar-refractivity contribution in [1.82, 2.24) is 9.97 Å². The summed E-state index contributed by atoms with van der Waals surface area (Å²) in [6, 6.07) is 12.3. The number of anilines is 1. The van der Waals surface area contributed by atoms with Crippen molar-refractivity contribution in [1.29, 1.82) is 0 Å².